The van der Waals surface area contributed by atoms with Crippen molar-refractivity contribution in [1.82, 2.24) is 5.32 Å². The van der Waals surface area contributed by atoms with Crippen molar-refractivity contribution in [2.45, 2.75) is 19.2 Å². The van der Waals surface area contributed by atoms with Gasteiger partial charge >= 0.3 is 6.36 Å². The Balaban J connectivity index is 0.00000361. The number of anilines is 1. The highest BCUT2D eigenvalue weighted by molar-refractivity contribution is 5.92. The molecule has 2 N–H and O–H groups in total. The fourth-order valence-corrected chi connectivity index (χ4v) is 1.42. The molecule has 114 valence electrons. The number of hydrogen-bond donors (Lipinski definition) is 2. The fraction of sp³-hybridized carbons (Fsp3) is 0.417. The van der Waals surface area contributed by atoms with E-state index < -0.39 is 12.1 Å². The lowest BCUT2D eigenvalue weighted by Gasteiger charge is -2.13. The first-order valence-corrected chi connectivity index (χ1v) is 5.71. The standard InChI is InChI=1S/C12H15F3N2O2.ClH/c1-16-8-4-7-11(18)17-9-5-2-3-6-10(9)19-12(13,14)15;/h2-3,5-6,16H,4,7-8H2,1H3,(H,17,18);1H. The summed E-state index contributed by atoms with van der Waals surface area (Å²) in [6.45, 7) is 0.661. The molecule has 0 fully saturated rings. The highest BCUT2D eigenvalue weighted by Gasteiger charge is 2.32. The molecular weight excluding hydrogens is 297 g/mol. The summed E-state index contributed by atoms with van der Waals surface area (Å²) in [5.74, 6) is -0.773. The molecule has 0 heterocycles. The molecule has 1 amide bonds. The molecule has 0 aromatic heterocycles. The van der Waals surface area contributed by atoms with E-state index in [0.717, 1.165) is 6.07 Å². The van der Waals surface area contributed by atoms with Gasteiger partial charge in [0.15, 0.2) is 5.75 Å². The van der Waals surface area contributed by atoms with Crippen molar-refractivity contribution in [2.24, 2.45) is 0 Å². The summed E-state index contributed by atoms with van der Waals surface area (Å²) in [4.78, 5) is 11.5. The number of ether oxygens (including phenoxy) is 1. The van der Waals surface area contributed by atoms with Crippen molar-refractivity contribution in [2.75, 3.05) is 18.9 Å². The molecule has 0 aliphatic rings. The van der Waals surface area contributed by atoms with E-state index in [2.05, 4.69) is 15.4 Å². The molecule has 0 saturated carbocycles. The summed E-state index contributed by atoms with van der Waals surface area (Å²) >= 11 is 0. The maximum atomic E-state index is 12.2. The van der Waals surface area contributed by atoms with Gasteiger partial charge in [0.25, 0.3) is 0 Å². The number of nitrogens with one attached hydrogen (secondary N) is 2. The lowest BCUT2D eigenvalue weighted by atomic mass is 10.2. The molecule has 4 nitrogen and oxygen atoms in total. The third-order valence-corrected chi connectivity index (χ3v) is 2.22. The summed E-state index contributed by atoms with van der Waals surface area (Å²) in [5, 5.41) is 5.28. The van der Waals surface area contributed by atoms with Crippen LogP contribution in [0, 0.1) is 0 Å². The van der Waals surface area contributed by atoms with Crippen molar-refractivity contribution >= 4 is 24.0 Å². The minimum Gasteiger partial charge on any atom is -0.404 e. The largest absolute Gasteiger partial charge is 0.573 e. The van der Waals surface area contributed by atoms with Crippen molar-refractivity contribution in [3.05, 3.63) is 24.3 Å². The Hall–Kier alpha value is -1.47. The van der Waals surface area contributed by atoms with E-state index in [1.165, 1.54) is 18.2 Å². The second-order valence-corrected chi connectivity index (χ2v) is 3.80. The van der Waals surface area contributed by atoms with Crippen LogP contribution in [0.3, 0.4) is 0 Å². The Morgan fingerprint density at radius 2 is 1.95 bits per heavy atom. The van der Waals surface area contributed by atoms with Crippen LogP contribution in [-0.2, 0) is 4.79 Å². The van der Waals surface area contributed by atoms with Crippen LogP contribution in [0.15, 0.2) is 24.3 Å². The summed E-state index contributed by atoms with van der Waals surface area (Å²) in [6, 6.07) is 5.43. The van der Waals surface area contributed by atoms with Gasteiger partial charge in [0.2, 0.25) is 5.91 Å². The van der Waals surface area contributed by atoms with Crippen LogP contribution in [-0.4, -0.2) is 25.9 Å². The molecule has 0 bridgehead atoms. The zero-order valence-electron chi connectivity index (χ0n) is 10.8. The number of benzene rings is 1. The SMILES string of the molecule is CNCCCC(=O)Nc1ccccc1OC(F)(F)F.Cl. The van der Waals surface area contributed by atoms with Gasteiger partial charge in [0.05, 0.1) is 5.69 Å². The smallest absolute Gasteiger partial charge is 0.404 e. The van der Waals surface area contributed by atoms with Gasteiger partial charge in [0.1, 0.15) is 0 Å². The van der Waals surface area contributed by atoms with E-state index in [9.17, 15) is 18.0 Å². The lowest BCUT2D eigenvalue weighted by Crippen LogP contribution is -2.20. The predicted molar refractivity (Wildman–Crippen MR) is 72.2 cm³/mol. The van der Waals surface area contributed by atoms with Gasteiger partial charge in [-0.05, 0) is 32.1 Å². The molecule has 0 aliphatic carbocycles. The van der Waals surface area contributed by atoms with E-state index in [4.69, 9.17) is 0 Å². The Morgan fingerprint density at radius 1 is 1.30 bits per heavy atom. The van der Waals surface area contributed by atoms with Crippen molar-refractivity contribution in [3.63, 3.8) is 0 Å². The first kappa shape index (κ1) is 18.5. The van der Waals surface area contributed by atoms with Crippen LogP contribution in [0.25, 0.3) is 0 Å². The third-order valence-electron chi connectivity index (χ3n) is 2.22. The monoisotopic (exact) mass is 312 g/mol. The Morgan fingerprint density at radius 3 is 2.55 bits per heavy atom. The van der Waals surface area contributed by atoms with Gasteiger partial charge < -0.3 is 15.4 Å². The van der Waals surface area contributed by atoms with Crippen molar-refractivity contribution in [3.8, 4) is 5.75 Å². The first-order chi connectivity index (χ1) is 8.92. The topological polar surface area (TPSA) is 50.4 Å². The van der Waals surface area contributed by atoms with Crippen LogP contribution in [0.1, 0.15) is 12.8 Å². The summed E-state index contributed by atoms with van der Waals surface area (Å²) in [6.07, 6.45) is -3.96. The second-order valence-electron chi connectivity index (χ2n) is 3.80. The first-order valence-electron chi connectivity index (χ1n) is 5.71. The highest BCUT2D eigenvalue weighted by Crippen LogP contribution is 2.29. The molecular formula is C12H16ClF3N2O2. The van der Waals surface area contributed by atoms with Crippen LogP contribution in [0.2, 0.25) is 0 Å². The minimum absolute atomic E-state index is 0. The van der Waals surface area contributed by atoms with Crippen LogP contribution in [0.4, 0.5) is 18.9 Å². The molecule has 8 heteroatoms. The van der Waals surface area contributed by atoms with E-state index in [-0.39, 0.29) is 30.4 Å². The van der Waals surface area contributed by atoms with Crippen LogP contribution >= 0.6 is 12.4 Å². The number of carbonyl (C=O) groups excluding carboxylic acids is 1. The van der Waals surface area contributed by atoms with E-state index >= 15 is 0 Å². The molecule has 1 aromatic rings. The quantitative estimate of drug-likeness (QED) is 0.794. The zero-order chi connectivity index (χ0) is 14.3. The molecule has 0 spiro atoms. The van der Waals surface area contributed by atoms with Gasteiger partial charge in [-0.3, -0.25) is 4.79 Å². The average Bonchev–Trinajstić information content (AvgIpc) is 2.30. The van der Waals surface area contributed by atoms with E-state index in [0.29, 0.717) is 13.0 Å². The third kappa shape index (κ3) is 7.20. The summed E-state index contributed by atoms with van der Waals surface area (Å²) in [5.41, 5.74) is 0.00860. The predicted octanol–water partition coefficient (Wildman–Crippen LogP) is 2.95. The van der Waals surface area contributed by atoms with E-state index in [1.54, 1.807) is 7.05 Å². The maximum Gasteiger partial charge on any atom is 0.573 e. The van der Waals surface area contributed by atoms with Crippen molar-refractivity contribution < 1.29 is 22.7 Å². The number of rotatable bonds is 6. The number of amides is 1. The molecule has 0 radical (unpaired) electrons. The fourth-order valence-electron chi connectivity index (χ4n) is 1.42. The molecule has 0 aliphatic heterocycles. The lowest BCUT2D eigenvalue weighted by molar-refractivity contribution is -0.274. The number of hydrogen-bond acceptors (Lipinski definition) is 3. The second kappa shape index (κ2) is 8.65. The molecule has 0 saturated heterocycles. The van der Waals surface area contributed by atoms with Gasteiger partial charge in [0, 0.05) is 6.42 Å². The minimum atomic E-state index is -4.78. The zero-order valence-corrected chi connectivity index (χ0v) is 11.6. The normalized spacial score (nSPS) is 10.6. The Kier molecular flexibility index (Phi) is 8.02. The summed E-state index contributed by atoms with van der Waals surface area (Å²) in [7, 11) is 1.75. The number of carbonyl (C=O) groups is 1. The van der Waals surface area contributed by atoms with Gasteiger partial charge in [-0.2, -0.15) is 0 Å². The van der Waals surface area contributed by atoms with E-state index in [1.807, 2.05) is 0 Å². The highest BCUT2D eigenvalue weighted by atomic mass is 35.5. The molecule has 20 heavy (non-hydrogen) atoms. The number of para-hydroxylation sites is 2. The van der Waals surface area contributed by atoms with Crippen LogP contribution in [0.5, 0.6) is 5.75 Å². The Labute approximate surface area is 121 Å². The van der Waals surface area contributed by atoms with Gasteiger partial charge in [-0.25, -0.2) is 0 Å². The summed E-state index contributed by atoms with van der Waals surface area (Å²) < 4.78 is 40.3. The number of halogens is 4. The molecule has 1 aromatic carbocycles. The van der Waals surface area contributed by atoms with Crippen LogP contribution < -0.4 is 15.4 Å². The average molecular weight is 313 g/mol. The molecule has 0 atom stereocenters. The number of alkyl halides is 3. The van der Waals surface area contributed by atoms with Gasteiger partial charge in [-0.15, -0.1) is 25.6 Å². The van der Waals surface area contributed by atoms with Crippen molar-refractivity contribution in [1.29, 1.82) is 0 Å². The Bertz CT molecular complexity index is 427. The van der Waals surface area contributed by atoms with Gasteiger partial charge in [-0.1, -0.05) is 12.1 Å². The maximum absolute atomic E-state index is 12.2. The molecule has 0 unspecified atom stereocenters. The molecule has 1 rings (SSSR count).